The first-order valence-corrected chi connectivity index (χ1v) is 6.84. The summed E-state index contributed by atoms with van der Waals surface area (Å²) < 4.78 is 0. The van der Waals surface area contributed by atoms with Gasteiger partial charge in [-0.05, 0) is 36.1 Å². The Morgan fingerprint density at radius 1 is 1.29 bits per heavy atom. The number of nitrogens with zero attached hydrogens (tertiary/aromatic N) is 2. The van der Waals surface area contributed by atoms with Crippen molar-refractivity contribution in [3.05, 3.63) is 46.6 Å². The van der Waals surface area contributed by atoms with E-state index in [0.29, 0.717) is 16.5 Å². The molecule has 2 rings (SSSR count). The molecule has 0 aliphatic rings. The van der Waals surface area contributed by atoms with Gasteiger partial charge >= 0.3 is 0 Å². The van der Waals surface area contributed by atoms with Crippen molar-refractivity contribution in [1.29, 1.82) is 5.26 Å². The highest BCUT2D eigenvalue weighted by molar-refractivity contribution is 6.30. The second kappa shape index (κ2) is 7.31. The molecule has 0 aliphatic heterocycles. The van der Waals surface area contributed by atoms with E-state index in [0.717, 1.165) is 23.2 Å². The fourth-order valence-electron chi connectivity index (χ4n) is 2.12. The van der Waals surface area contributed by atoms with Crippen LogP contribution in [-0.2, 0) is 6.42 Å². The van der Waals surface area contributed by atoms with Crippen molar-refractivity contribution in [2.24, 2.45) is 5.92 Å². The van der Waals surface area contributed by atoms with E-state index in [9.17, 15) is 5.26 Å². The Morgan fingerprint density at radius 2 is 1.90 bits per heavy atom. The van der Waals surface area contributed by atoms with Crippen molar-refractivity contribution in [1.82, 2.24) is 4.98 Å². The third-order valence-corrected chi connectivity index (χ3v) is 3.24. The second-order valence-electron chi connectivity index (χ2n) is 5.14. The molecular formula is C16H17Cl2N3. The Kier molecular flexibility index (Phi) is 6.02. The van der Waals surface area contributed by atoms with E-state index in [2.05, 4.69) is 24.9 Å². The fraction of sp³-hybridized carbons (Fsp3) is 0.250. The van der Waals surface area contributed by atoms with Gasteiger partial charge in [-0.25, -0.2) is 4.98 Å². The topological polar surface area (TPSA) is 62.7 Å². The van der Waals surface area contributed by atoms with Gasteiger partial charge in [0.1, 0.15) is 17.5 Å². The van der Waals surface area contributed by atoms with Gasteiger partial charge in [0.2, 0.25) is 0 Å². The van der Waals surface area contributed by atoms with Crippen LogP contribution < -0.4 is 5.73 Å². The number of benzene rings is 1. The van der Waals surface area contributed by atoms with Gasteiger partial charge in [0.05, 0.1) is 0 Å². The van der Waals surface area contributed by atoms with Crippen molar-refractivity contribution in [3.63, 3.8) is 0 Å². The van der Waals surface area contributed by atoms with E-state index in [-0.39, 0.29) is 18.2 Å². The number of pyridine rings is 1. The van der Waals surface area contributed by atoms with Gasteiger partial charge in [0.25, 0.3) is 0 Å². The van der Waals surface area contributed by atoms with Crippen LogP contribution in [0.25, 0.3) is 11.1 Å². The Bertz CT molecular complexity index is 658. The lowest BCUT2D eigenvalue weighted by molar-refractivity contribution is 0.636. The van der Waals surface area contributed by atoms with Crippen LogP contribution in [0.4, 0.5) is 5.82 Å². The first kappa shape index (κ1) is 17.3. The Labute approximate surface area is 136 Å². The largest absolute Gasteiger partial charge is 0.383 e. The summed E-state index contributed by atoms with van der Waals surface area (Å²) in [4.78, 5) is 4.32. The quantitative estimate of drug-likeness (QED) is 0.906. The zero-order chi connectivity index (χ0) is 14.7. The molecule has 0 saturated carbocycles. The van der Waals surface area contributed by atoms with Crippen LogP contribution >= 0.6 is 24.0 Å². The van der Waals surface area contributed by atoms with E-state index in [4.69, 9.17) is 17.3 Å². The fourth-order valence-corrected chi connectivity index (χ4v) is 2.24. The zero-order valence-electron chi connectivity index (χ0n) is 11.9. The smallest absolute Gasteiger partial charge is 0.142 e. The lowest BCUT2D eigenvalue weighted by Gasteiger charge is -2.11. The average molecular weight is 322 g/mol. The molecule has 1 aromatic carbocycles. The minimum Gasteiger partial charge on any atom is -0.383 e. The maximum Gasteiger partial charge on any atom is 0.142 e. The highest BCUT2D eigenvalue weighted by Crippen LogP contribution is 2.29. The highest BCUT2D eigenvalue weighted by Gasteiger charge is 2.13. The molecule has 3 nitrogen and oxygen atoms in total. The first-order chi connectivity index (χ1) is 9.51. The maximum absolute atomic E-state index is 9.29. The molecule has 0 spiro atoms. The Morgan fingerprint density at radius 3 is 2.43 bits per heavy atom. The number of rotatable bonds is 3. The lowest BCUT2D eigenvalue weighted by Crippen LogP contribution is -2.04. The lowest BCUT2D eigenvalue weighted by atomic mass is 9.98. The van der Waals surface area contributed by atoms with Gasteiger partial charge in [-0.1, -0.05) is 37.6 Å². The van der Waals surface area contributed by atoms with E-state index in [1.54, 1.807) is 12.1 Å². The van der Waals surface area contributed by atoms with E-state index >= 15 is 0 Å². The summed E-state index contributed by atoms with van der Waals surface area (Å²) in [7, 11) is 0. The zero-order valence-corrected chi connectivity index (χ0v) is 13.5. The third kappa shape index (κ3) is 4.10. The third-order valence-electron chi connectivity index (χ3n) is 2.98. The van der Waals surface area contributed by atoms with Crippen molar-refractivity contribution in [2.75, 3.05) is 5.73 Å². The van der Waals surface area contributed by atoms with Crippen LogP contribution in [0.1, 0.15) is 25.1 Å². The number of hydrogen-bond donors (Lipinski definition) is 1. The molecule has 0 fully saturated rings. The van der Waals surface area contributed by atoms with Crippen LogP contribution in [-0.4, -0.2) is 4.98 Å². The average Bonchev–Trinajstić information content (AvgIpc) is 2.38. The van der Waals surface area contributed by atoms with Gasteiger partial charge in [-0.2, -0.15) is 5.26 Å². The SMILES string of the molecule is CC(C)Cc1cc(-c2ccc(Cl)cc2)c(C#N)c(N)n1.Cl. The number of hydrogen-bond acceptors (Lipinski definition) is 3. The normalized spacial score (nSPS) is 10.0. The van der Waals surface area contributed by atoms with Gasteiger partial charge in [-0.3, -0.25) is 0 Å². The molecule has 21 heavy (non-hydrogen) atoms. The Balaban J connectivity index is 0.00000220. The molecule has 1 heterocycles. The molecule has 2 aromatic rings. The summed E-state index contributed by atoms with van der Waals surface area (Å²) >= 11 is 5.90. The van der Waals surface area contributed by atoms with Gasteiger partial charge < -0.3 is 5.73 Å². The van der Waals surface area contributed by atoms with Gasteiger partial charge in [0, 0.05) is 16.3 Å². The maximum atomic E-state index is 9.29. The molecule has 0 amide bonds. The number of nitrogens with two attached hydrogens (primary N) is 1. The molecule has 2 N–H and O–H groups in total. The van der Waals surface area contributed by atoms with Crippen LogP contribution in [0.5, 0.6) is 0 Å². The van der Waals surface area contributed by atoms with Gasteiger partial charge in [0.15, 0.2) is 0 Å². The molecule has 0 saturated heterocycles. The number of aromatic nitrogens is 1. The number of anilines is 1. The minimum atomic E-state index is 0. The molecule has 110 valence electrons. The Hall–Kier alpha value is -1.76. The molecule has 1 aromatic heterocycles. The van der Waals surface area contributed by atoms with Gasteiger partial charge in [-0.15, -0.1) is 12.4 Å². The number of nitrogen functional groups attached to an aromatic ring is 1. The molecule has 0 radical (unpaired) electrons. The van der Waals surface area contributed by atoms with Crippen LogP contribution in [0.15, 0.2) is 30.3 Å². The predicted molar refractivity (Wildman–Crippen MR) is 89.6 cm³/mol. The summed E-state index contributed by atoms with van der Waals surface area (Å²) in [6.45, 7) is 4.25. The molecule has 5 heteroatoms. The molecular weight excluding hydrogens is 305 g/mol. The minimum absolute atomic E-state index is 0. The molecule has 0 unspecified atom stereocenters. The monoisotopic (exact) mass is 321 g/mol. The van der Waals surface area contributed by atoms with Crippen molar-refractivity contribution in [3.8, 4) is 17.2 Å². The molecule has 0 bridgehead atoms. The van der Waals surface area contributed by atoms with Crippen molar-refractivity contribution in [2.45, 2.75) is 20.3 Å². The summed E-state index contributed by atoms with van der Waals surface area (Å²) in [5, 5.41) is 9.96. The molecule has 0 atom stereocenters. The van der Waals surface area contributed by atoms with E-state index in [1.165, 1.54) is 0 Å². The first-order valence-electron chi connectivity index (χ1n) is 6.46. The van der Waals surface area contributed by atoms with Crippen molar-refractivity contribution < 1.29 is 0 Å². The van der Waals surface area contributed by atoms with Crippen LogP contribution in [0.3, 0.4) is 0 Å². The molecule has 0 aliphatic carbocycles. The van der Waals surface area contributed by atoms with Crippen LogP contribution in [0, 0.1) is 17.2 Å². The summed E-state index contributed by atoms with van der Waals surface area (Å²) in [5.41, 5.74) is 8.97. The highest BCUT2D eigenvalue weighted by atomic mass is 35.5. The summed E-state index contributed by atoms with van der Waals surface area (Å²) in [6, 6.07) is 11.5. The number of halogens is 2. The summed E-state index contributed by atoms with van der Waals surface area (Å²) in [6.07, 6.45) is 0.830. The summed E-state index contributed by atoms with van der Waals surface area (Å²) in [5.74, 6) is 0.767. The van der Waals surface area contributed by atoms with E-state index < -0.39 is 0 Å². The van der Waals surface area contributed by atoms with E-state index in [1.807, 2.05) is 18.2 Å². The second-order valence-corrected chi connectivity index (χ2v) is 5.57. The standard InChI is InChI=1S/C16H16ClN3.ClH/c1-10(2)7-13-8-14(15(9-18)16(19)20-13)11-3-5-12(17)6-4-11;/h3-6,8,10H,7H2,1-2H3,(H2,19,20);1H. The predicted octanol–water partition coefficient (Wildman–Crippen LogP) is 4.48. The van der Waals surface area contributed by atoms with Crippen LogP contribution in [0.2, 0.25) is 5.02 Å². The van der Waals surface area contributed by atoms with Crippen molar-refractivity contribution >= 4 is 29.8 Å². The number of nitriles is 1.